The molecule has 0 spiro atoms. The van der Waals surface area contributed by atoms with Gasteiger partial charge in [0.25, 0.3) is 0 Å². The van der Waals surface area contributed by atoms with Gasteiger partial charge < -0.3 is 16.2 Å². The van der Waals surface area contributed by atoms with Crippen LogP contribution in [-0.2, 0) is 6.61 Å². The maximum atomic E-state index is 9.64. The summed E-state index contributed by atoms with van der Waals surface area (Å²) in [5, 5.41) is 26.8. The normalized spacial score (nSPS) is 12.0. The predicted molar refractivity (Wildman–Crippen MR) is 117 cm³/mol. The first kappa shape index (κ1) is 20.3. The van der Waals surface area contributed by atoms with Crippen LogP contribution in [0, 0.1) is 25.2 Å². The van der Waals surface area contributed by atoms with Crippen LogP contribution in [0.3, 0.4) is 0 Å². The van der Waals surface area contributed by atoms with E-state index < -0.39 is 0 Å². The van der Waals surface area contributed by atoms with Crippen LogP contribution in [0.4, 0.5) is 11.6 Å². The van der Waals surface area contributed by atoms with Gasteiger partial charge in [-0.2, -0.15) is 10.4 Å². The molecule has 0 aliphatic carbocycles. The smallest absolute Gasteiger partial charge is 0.171 e. The number of nitrogens with one attached hydrogen (secondary N) is 1. The Balaban J connectivity index is 1.80. The Morgan fingerprint density at radius 3 is 2.68 bits per heavy atom. The number of hydrogen-bond acceptors (Lipinski definition) is 8. The van der Waals surface area contributed by atoms with Gasteiger partial charge in [-0.25, -0.2) is 19.5 Å². The second-order valence-electron chi connectivity index (χ2n) is 7.36. The van der Waals surface area contributed by atoms with Crippen LogP contribution < -0.4 is 11.1 Å². The summed E-state index contributed by atoms with van der Waals surface area (Å²) in [6.45, 7) is 5.84. The summed E-state index contributed by atoms with van der Waals surface area (Å²) in [6, 6.07) is 9.59. The number of nitrogens with zero attached hydrogens (tertiary/aromatic N) is 6. The fourth-order valence-corrected chi connectivity index (χ4v) is 3.62. The highest BCUT2D eigenvalue weighted by Crippen LogP contribution is 2.29. The third-order valence-corrected chi connectivity index (χ3v) is 5.26. The van der Waals surface area contributed by atoms with Crippen molar-refractivity contribution in [2.45, 2.75) is 33.4 Å². The Hall–Kier alpha value is -4.03. The SMILES string of the molecule is Cc1cc(-c2nc(C(C)Nc3ncnc(N)c3C#N)nn3cccc23)cc(C)c1CO. The van der Waals surface area contributed by atoms with E-state index in [1.165, 1.54) is 6.33 Å². The molecular formula is C22H22N8O. The number of nitrogens with two attached hydrogens (primary N) is 1. The van der Waals surface area contributed by atoms with E-state index in [1.54, 1.807) is 4.52 Å². The highest BCUT2D eigenvalue weighted by molar-refractivity contribution is 5.78. The summed E-state index contributed by atoms with van der Waals surface area (Å²) in [5.41, 5.74) is 11.5. The molecule has 4 rings (SSSR count). The van der Waals surface area contributed by atoms with Crippen molar-refractivity contribution in [1.29, 1.82) is 5.26 Å². The molecule has 1 unspecified atom stereocenters. The first-order chi connectivity index (χ1) is 14.9. The van der Waals surface area contributed by atoms with E-state index in [0.717, 1.165) is 33.5 Å². The standard InChI is InChI=1S/C22H22N8O/c1-12-7-15(8-13(2)17(12)10-31)19-18-5-4-6-30(18)29-21(28-19)14(3)27-22-16(9-23)20(24)25-11-26-22/h4-8,11,14,31H,10H2,1-3H3,(H3,24,25,26,27). The monoisotopic (exact) mass is 414 g/mol. The molecular weight excluding hydrogens is 392 g/mol. The number of nitrogen functional groups attached to an aromatic ring is 1. The van der Waals surface area contributed by atoms with Crippen molar-refractivity contribution < 1.29 is 5.11 Å². The summed E-state index contributed by atoms with van der Waals surface area (Å²) in [7, 11) is 0. The summed E-state index contributed by atoms with van der Waals surface area (Å²) in [6.07, 6.45) is 3.17. The number of nitriles is 1. The molecule has 9 nitrogen and oxygen atoms in total. The number of anilines is 2. The van der Waals surface area contributed by atoms with E-state index in [1.807, 2.05) is 57.3 Å². The zero-order valence-electron chi connectivity index (χ0n) is 17.5. The number of fused-ring (bicyclic) bond motifs is 1. The van der Waals surface area contributed by atoms with Gasteiger partial charge in [0.1, 0.15) is 29.6 Å². The number of aryl methyl sites for hydroxylation is 2. The van der Waals surface area contributed by atoms with E-state index in [0.29, 0.717) is 11.6 Å². The molecule has 4 N–H and O–H groups in total. The lowest BCUT2D eigenvalue weighted by Gasteiger charge is -2.17. The molecule has 0 fully saturated rings. The Morgan fingerprint density at radius 1 is 1.26 bits per heavy atom. The second kappa shape index (κ2) is 8.01. The molecule has 156 valence electrons. The van der Waals surface area contributed by atoms with Gasteiger partial charge in [-0.3, -0.25) is 0 Å². The summed E-state index contributed by atoms with van der Waals surface area (Å²) in [4.78, 5) is 12.8. The van der Waals surface area contributed by atoms with E-state index in [2.05, 4.69) is 20.4 Å². The van der Waals surface area contributed by atoms with E-state index >= 15 is 0 Å². The first-order valence-corrected chi connectivity index (χ1v) is 9.76. The Morgan fingerprint density at radius 2 is 2.00 bits per heavy atom. The van der Waals surface area contributed by atoms with Crippen LogP contribution in [0.15, 0.2) is 36.8 Å². The zero-order chi connectivity index (χ0) is 22.1. The van der Waals surface area contributed by atoms with Crippen LogP contribution in [0.1, 0.15) is 41.0 Å². The van der Waals surface area contributed by atoms with Crippen LogP contribution in [0.5, 0.6) is 0 Å². The number of rotatable bonds is 5. The van der Waals surface area contributed by atoms with Crippen LogP contribution in [0.2, 0.25) is 0 Å². The minimum Gasteiger partial charge on any atom is -0.392 e. The Bertz CT molecular complexity index is 1300. The maximum Gasteiger partial charge on any atom is 0.171 e. The number of hydrogen-bond donors (Lipinski definition) is 3. The second-order valence-corrected chi connectivity index (χ2v) is 7.36. The summed E-state index contributed by atoms with van der Waals surface area (Å²) < 4.78 is 1.78. The molecule has 3 aromatic heterocycles. The molecule has 9 heteroatoms. The lowest BCUT2D eigenvalue weighted by Crippen LogP contribution is -2.16. The lowest BCUT2D eigenvalue weighted by molar-refractivity contribution is 0.280. The van der Waals surface area contributed by atoms with Crippen molar-refractivity contribution in [3.05, 3.63) is 64.9 Å². The van der Waals surface area contributed by atoms with Gasteiger partial charge in [-0.1, -0.05) is 0 Å². The first-order valence-electron chi connectivity index (χ1n) is 9.76. The van der Waals surface area contributed by atoms with E-state index in [9.17, 15) is 10.4 Å². The van der Waals surface area contributed by atoms with Crippen molar-refractivity contribution in [3.8, 4) is 17.3 Å². The molecule has 0 aliphatic heterocycles. The fraction of sp³-hybridized carbons (Fsp3) is 0.227. The van der Waals surface area contributed by atoms with Crippen molar-refractivity contribution >= 4 is 17.2 Å². The molecule has 1 atom stereocenters. The number of benzene rings is 1. The highest BCUT2D eigenvalue weighted by Gasteiger charge is 2.18. The molecule has 4 aromatic rings. The van der Waals surface area contributed by atoms with Crippen molar-refractivity contribution in [1.82, 2.24) is 24.6 Å². The average molecular weight is 414 g/mol. The molecule has 0 saturated carbocycles. The van der Waals surface area contributed by atoms with Gasteiger partial charge in [0.15, 0.2) is 5.82 Å². The van der Waals surface area contributed by atoms with Crippen molar-refractivity contribution in [2.24, 2.45) is 0 Å². The van der Waals surface area contributed by atoms with Crippen LogP contribution >= 0.6 is 0 Å². The number of aliphatic hydroxyl groups is 1. The lowest BCUT2D eigenvalue weighted by atomic mass is 9.98. The number of aliphatic hydroxyl groups excluding tert-OH is 1. The Labute approximate surface area is 179 Å². The highest BCUT2D eigenvalue weighted by atomic mass is 16.3. The number of aromatic nitrogens is 5. The van der Waals surface area contributed by atoms with Gasteiger partial charge in [0, 0.05) is 11.8 Å². The molecule has 3 heterocycles. The molecule has 1 aromatic carbocycles. The van der Waals surface area contributed by atoms with Gasteiger partial charge in [0.05, 0.1) is 23.9 Å². The van der Waals surface area contributed by atoms with E-state index in [4.69, 9.17) is 10.7 Å². The van der Waals surface area contributed by atoms with Crippen molar-refractivity contribution in [2.75, 3.05) is 11.1 Å². The third kappa shape index (κ3) is 3.65. The summed E-state index contributed by atoms with van der Waals surface area (Å²) >= 11 is 0. The minimum atomic E-state index is -0.356. The van der Waals surface area contributed by atoms with Crippen molar-refractivity contribution in [3.63, 3.8) is 0 Å². The van der Waals surface area contributed by atoms with Gasteiger partial charge in [-0.15, -0.1) is 0 Å². The quantitative estimate of drug-likeness (QED) is 0.453. The molecule has 0 saturated heterocycles. The van der Waals surface area contributed by atoms with Crippen LogP contribution in [-0.4, -0.2) is 29.7 Å². The van der Waals surface area contributed by atoms with E-state index in [-0.39, 0.29) is 24.0 Å². The zero-order valence-corrected chi connectivity index (χ0v) is 17.5. The van der Waals surface area contributed by atoms with Crippen LogP contribution in [0.25, 0.3) is 16.8 Å². The molecule has 31 heavy (non-hydrogen) atoms. The largest absolute Gasteiger partial charge is 0.392 e. The third-order valence-electron chi connectivity index (χ3n) is 5.26. The maximum absolute atomic E-state index is 9.64. The summed E-state index contributed by atoms with van der Waals surface area (Å²) in [5.74, 6) is 0.977. The average Bonchev–Trinajstić information content (AvgIpc) is 3.21. The molecule has 0 radical (unpaired) electrons. The molecule has 0 aliphatic rings. The topological polar surface area (TPSA) is 138 Å². The molecule has 0 bridgehead atoms. The predicted octanol–water partition coefficient (Wildman–Crippen LogP) is 2.92. The van der Waals surface area contributed by atoms with Gasteiger partial charge in [-0.05, 0) is 61.7 Å². The minimum absolute atomic E-state index is 0.00223. The van der Waals surface area contributed by atoms with Gasteiger partial charge in [0.2, 0.25) is 0 Å². The Kier molecular flexibility index (Phi) is 5.23. The molecule has 0 amide bonds. The fourth-order valence-electron chi connectivity index (χ4n) is 3.62. The van der Waals surface area contributed by atoms with Gasteiger partial charge >= 0.3 is 0 Å².